The lowest BCUT2D eigenvalue weighted by molar-refractivity contribution is 0.0716. The second-order valence-electron chi connectivity index (χ2n) is 5.58. The Kier molecular flexibility index (Phi) is 5.05. The number of ether oxygens (including phenoxy) is 2. The van der Waals surface area contributed by atoms with Crippen molar-refractivity contribution in [1.82, 2.24) is 9.88 Å². The summed E-state index contributed by atoms with van der Waals surface area (Å²) in [5, 5.41) is 9.34. The van der Waals surface area contributed by atoms with E-state index >= 15 is 0 Å². The molecule has 0 saturated carbocycles. The Labute approximate surface area is 144 Å². The number of rotatable bonds is 6. The van der Waals surface area contributed by atoms with Crippen LogP contribution in [-0.2, 0) is 0 Å². The molecule has 0 aliphatic carbocycles. The highest BCUT2D eigenvalue weighted by Gasteiger charge is 2.29. The Morgan fingerprint density at radius 2 is 2.08 bits per heavy atom. The number of carboxylic acid groups (broad SMARTS) is 1. The molecule has 2 heterocycles. The van der Waals surface area contributed by atoms with E-state index < -0.39 is 6.09 Å². The fourth-order valence-electron chi connectivity index (χ4n) is 2.42. The van der Waals surface area contributed by atoms with Crippen LogP contribution in [0.1, 0.15) is 6.42 Å². The van der Waals surface area contributed by atoms with E-state index in [0.717, 1.165) is 6.42 Å². The molecule has 3 rings (SSSR count). The van der Waals surface area contributed by atoms with Crippen LogP contribution in [0.3, 0.4) is 0 Å². The number of amides is 1. The van der Waals surface area contributed by atoms with Gasteiger partial charge in [-0.1, -0.05) is 17.7 Å². The molecule has 1 amide bonds. The molecule has 7 heteroatoms. The van der Waals surface area contributed by atoms with Crippen molar-refractivity contribution < 1.29 is 19.4 Å². The van der Waals surface area contributed by atoms with Crippen molar-refractivity contribution >= 4 is 17.7 Å². The predicted molar refractivity (Wildman–Crippen MR) is 89.0 cm³/mol. The monoisotopic (exact) mass is 348 g/mol. The van der Waals surface area contributed by atoms with Gasteiger partial charge in [-0.05, 0) is 30.5 Å². The molecule has 0 spiro atoms. The first-order chi connectivity index (χ1) is 11.6. The third kappa shape index (κ3) is 4.29. The van der Waals surface area contributed by atoms with Crippen molar-refractivity contribution in [2.24, 2.45) is 5.92 Å². The molecule has 126 valence electrons. The average Bonchev–Trinajstić information content (AvgIpc) is 2.52. The van der Waals surface area contributed by atoms with Crippen LogP contribution in [0.25, 0.3) is 0 Å². The lowest BCUT2D eigenvalue weighted by Crippen LogP contribution is -2.49. The van der Waals surface area contributed by atoms with Crippen LogP contribution in [0.2, 0.25) is 5.02 Å². The fourth-order valence-corrected chi connectivity index (χ4v) is 2.53. The molecule has 0 bridgehead atoms. The summed E-state index contributed by atoms with van der Waals surface area (Å²) >= 11 is 5.79. The Balaban J connectivity index is 1.47. The summed E-state index contributed by atoms with van der Waals surface area (Å²) in [4.78, 5) is 16.2. The summed E-state index contributed by atoms with van der Waals surface area (Å²) in [5.41, 5.74) is 0. The maximum absolute atomic E-state index is 10.7. The highest BCUT2D eigenvalue weighted by molar-refractivity contribution is 6.30. The van der Waals surface area contributed by atoms with E-state index in [4.69, 9.17) is 26.2 Å². The van der Waals surface area contributed by atoms with Gasteiger partial charge in [0, 0.05) is 31.4 Å². The summed E-state index contributed by atoms with van der Waals surface area (Å²) in [6, 6.07) is 10.7. The summed E-state index contributed by atoms with van der Waals surface area (Å²) in [6.07, 6.45) is 1.50. The third-order valence-corrected chi connectivity index (χ3v) is 3.97. The number of carbonyl (C=O) groups is 1. The number of halogens is 1. The lowest BCUT2D eigenvalue weighted by atomic mass is 9.97. The minimum absolute atomic E-state index is 0.374. The molecule has 0 unspecified atom stereocenters. The van der Waals surface area contributed by atoms with Gasteiger partial charge in [0.2, 0.25) is 5.88 Å². The summed E-state index contributed by atoms with van der Waals surface area (Å²) in [5.74, 6) is 2.16. The van der Waals surface area contributed by atoms with Gasteiger partial charge in [-0.3, -0.25) is 0 Å². The quantitative estimate of drug-likeness (QED) is 0.857. The Morgan fingerprint density at radius 3 is 2.79 bits per heavy atom. The van der Waals surface area contributed by atoms with Gasteiger partial charge in [-0.15, -0.1) is 0 Å². The normalized spacial score (nSPS) is 14.1. The zero-order valence-corrected chi connectivity index (χ0v) is 13.6. The molecule has 0 radical (unpaired) electrons. The van der Waals surface area contributed by atoms with E-state index in [9.17, 15) is 4.79 Å². The maximum atomic E-state index is 10.7. The number of pyridine rings is 1. The molecule has 1 fully saturated rings. The van der Waals surface area contributed by atoms with Gasteiger partial charge < -0.3 is 19.5 Å². The molecule has 1 aliphatic heterocycles. The van der Waals surface area contributed by atoms with Gasteiger partial charge in [0.1, 0.15) is 11.5 Å². The zero-order chi connectivity index (χ0) is 16.9. The van der Waals surface area contributed by atoms with Gasteiger partial charge in [0.15, 0.2) is 0 Å². The summed E-state index contributed by atoms with van der Waals surface area (Å²) in [6.45, 7) is 1.72. The Bertz CT molecular complexity index is 702. The highest BCUT2D eigenvalue weighted by Crippen LogP contribution is 2.25. The molecular formula is C17H17ClN2O4. The topological polar surface area (TPSA) is 71.9 Å². The summed E-state index contributed by atoms with van der Waals surface area (Å²) in [7, 11) is 0. The van der Waals surface area contributed by atoms with Crippen LogP contribution in [0.5, 0.6) is 17.4 Å². The molecule has 1 N–H and O–H groups in total. The van der Waals surface area contributed by atoms with Gasteiger partial charge in [-0.25, -0.2) is 9.78 Å². The molecule has 1 aromatic heterocycles. The first-order valence-corrected chi connectivity index (χ1v) is 7.98. The Hall–Kier alpha value is -2.47. The van der Waals surface area contributed by atoms with Gasteiger partial charge in [0.25, 0.3) is 0 Å². The van der Waals surface area contributed by atoms with Crippen molar-refractivity contribution in [2.45, 2.75) is 6.42 Å². The van der Waals surface area contributed by atoms with Crippen LogP contribution in [0.4, 0.5) is 4.79 Å². The number of hydrogen-bond donors (Lipinski definition) is 1. The molecule has 0 atom stereocenters. The maximum Gasteiger partial charge on any atom is 0.407 e. The van der Waals surface area contributed by atoms with Gasteiger partial charge >= 0.3 is 6.09 Å². The molecule has 1 saturated heterocycles. The largest absolute Gasteiger partial charge is 0.493 e. The molecule has 2 aromatic rings. The highest BCUT2D eigenvalue weighted by atomic mass is 35.5. The van der Waals surface area contributed by atoms with Crippen molar-refractivity contribution in [3.8, 4) is 17.4 Å². The van der Waals surface area contributed by atoms with Gasteiger partial charge in [0.05, 0.1) is 11.6 Å². The molecule has 1 aliphatic rings. The number of aromatic nitrogens is 1. The predicted octanol–water partition coefficient (Wildman–Crippen LogP) is 3.91. The third-order valence-electron chi connectivity index (χ3n) is 3.75. The van der Waals surface area contributed by atoms with E-state index in [1.54, 1.807) is 18.2 Å². The molecule has 6 nitrogen and oxygen atoms in total. The van der Waals surface area contributed by atoms with E-state index in [1.165, 1.54) is 11.1 Å². The Morgan fingerprint density at radius 1 is 1.29 bits per heavy atom. The van der Waals surface area contributed by atoms with Crippen molar-refractivity contribution in [3.05, 3.63) is 47.6 Å². The van der Waals surface area contributed by atoms with Crippen LogP contribution >= 0.6 is 11.6 Å². The zero-order valence-electron chi connectivity index (χ0n) is 12.9. The first kappa shape index (κ1) is 16.4. The molecule has 24 heavy (non-hydrogen) atoms. The first-order valence-electron chi connectivity index (χ1n) is 7.60. The van der Waals surface area contributed by atoms with Crippen LogP contribution < -0.4 is 9.47 Å². The van der Waals surface area contributed by atoms with E-state index in [2.05, 4.69) is 4.98 Å². The van der Waals surface area contributed by atoms with E-state index in [0.29, 0.717) is 48.0 Å². The number of likely N-dealkylation sites (tertiary alicyclic amines) is 1. The minimum atomic E-state index is -0.854. The van der Waals surface area contributed by atoms with Crippen LogP contribution in [0.15, 0.2) is 42.6 Å². The van der Waals surface area contributed by atoms with Crippen LogP contribution in [-0.4, -0.2) is 40.8 Å². The second-order valence-corrected chi connectivity index (χ2v) is 6.02. The number of benzene rings is 1. The van der Waals surface area contributed by atoms with Crippen molar-refractivity contribution in [1.29, 1.82) is 0 Å². The fraction of sp³-hybridized carbons (Fsp3) is 0.294. The smallest absolute Gasteiger partial charge is 0.407 e. The van der Waals surface area contributed by atoms with Crippen molar-refractivity contribution in [2.75, 3.05) is 19.7 Å². The average molecular weight is 349 g/mol. The van der Waals surface area contributed by atoms with Crippen molar-refractivity contribution in [3.63, 3.8) is 0 Å². The van der Waals surface area contributed by atoms with E-state index in [-0.39, 0.29) is 0 Å². The van der Waals surface area contributed by atoms with Gasteiger partial charge in [-0.2, -0.15) is 0 Å². The standard InChI is InChI=1S/C17H17ClN2O4/c18-13-4-5-16(19-9-13)24-15-3-1-2-14(8-15)23-7-6-12-10-20(11-12)17(21)22/h1-5,8-9,12H,6-7,10-11H2,(H,21,22). The lowest BCUT2D eigenvalue weighted by Gasteiger charge is -2.36. The summed E-state index contributed by atoms with van der Waals surface area (Å²) < 4.78 is 11.4. The molecule has 1 aromatic carbocycles. The SMILES string of the molecule is O=C(O)N1CC(CCOc2cccc(Oc3ccc(Cl)cn3)c2)C1. The number of nitrogens with zero attached hydrogens (tertiary/aromatic N) is 2. The van der Waals surface area contributed by atoms with Crippen LogP contribution in [0, 0.1) is 5.92 Å². The minimum Gasteiger partial charge on any atom is -0.493 e. The second kappa shape index (κ2) is 7.40. The van der Waals surface area contributed by atoms with E-state index in [1.807, 2.05) is 18.2 Å². The molecular weight excluding hydrogens is 332 g/mol. The number of hydrogen-bond acceptors (Lipinski definition) is 4.